The fourth-order valence-electron chi connectivity index (χ4n) is 2.49. The van der Waals surface area contributed by atoms with Crippen LogP contribution in [0.25, 0.3) is 0 Å². The topological polar surface area (TPSA) is 75.4 Å². The van der Waals surface area contributed by atoms with Crippen LogP contribution in [-0.4, -0.2) is 42.4 Å². The highest BCUT2D eigenvalue weighted by molar-refractivity contribution is 5.85. The Labute approximate surface area is 120 Å². The molecule has 1 aliphatic carbocycles. The molecule has 2 aliphatic rings. The van der Waals surface area contributed by atoms with Gasteiger partial charge in [0.2, 0.25) is 11.8 Å². The van der Waals surface area contributed by atoms with E-state index in [4.69, 9.17) is 5.73 Å². The second-order valence-corrected chi connectivity index (χ2v) is 5.29. The van der Waals surface area contributed by atoms with E-state index < -0.39 is 0 Å². The lowest BCUT2D eigenvalue weighted by atomic mass is 10.2. The molecule has 6 heteroatoms. The maximum absolute atomic E-state index is 12.0. The summed E-state index contributed by atoms with van der Waals surface area (Å²) >= 11 is 0. The molecule has 0 spiro atoms. The molecule has 2 amide bonds. The van der Waals surface area contributed by atoms with Gasteiger partial charge in [-0.15, -0.1) is 12.4 Å². The van der Waals surface area contributed by atoms with Crippen LogP contribution in [0.2, 0.25) is 0 Å². The molecule has 1 unspecified atom stereocenters. The van der Waals surface area contributed by atoms with Gasteiger partial charge in [-0.25, -0.2) is 0 Å². The molecule has 1 saturated heterocycles. The number of nitrogens with zero attached hydrogens (tertiary/aromatic N) is 1. The van der Waals surface area contributed by atoms with Crippen molar-refractivity contribution in [3.63, 3.8) is 0 Å². The molecule has 19 heavy (non-hydrogen) atoms. The summed E-state index contributed by atoms with van der Waals surface area (Å²) < 4.78 is 0. The van der Waals surface area contributed by atoms with E-state index in [1.54, 1.807) is 0 Å². The van der Waals surface area contributed by atoms with Crippen molar-refractivity contribution in [1.82, 2.24) is 10.2 Å². The van der Waals surface area contributed by atoms with Crippen LogP contribution in [0.5, 0.6) is 0 Å². The zero-order chi connectivity index (χ0) is 13.0. The van der Waals surface area contributed by atoms with Gasteiger partial charge < -0.3 is 16.0 Å². The van der Waals surface area contributed by atoms with Crippen LogP contribution in [0.15, 0.2) is 0 Å². The van der Waals surface area contributed by atoms with E-state index in [0.29, 0.717) is 19.5 Å². The minimum absolute atomic E-state index is 0. The van der Waals surface area contributed by atoms with Crippen molar-refractivity contribution >= 4 is 24.2 Å². The molecule has 2 fully saturated rings. The summed E-state index contributed by atoms with van der Waals surface area (Å²) in [5.41, 5.74) is 5.65. The number of halogens is 1. The number of likely N-dealkylation sites (tertiary alicyclic amines) is 1. The Kier molecular flexibility index (Phi) is 6.58. The van der Waals surface area contributed by atoms with Gasteiger partial charge in [0.1, 0.15) is 0 Å². The third kappa shape index (κ3) is 4.66. The highest BCUT2D eigenvalue weighted by atomic mass is 35.5. The zero-order valence-electron chi connectivity index (χ0n) is 11.3. The summed E-state index contributed by atoms with van der Waals surface area (Å²) in [6, 6.07) is 0.235. The first-order valence-corrected chi connectivity index (χ1v) is 6.99. The SMILES string of the molecule is Cl.NCC1CCCN1C(=O)CCCNC(=O)C1CC1. The first kappa shape index (κ1) is 16.2. The number of rotatable bonds is 6. The van der Waals surface area contributed by atoms with Crippen LogP contribution >= 0.6 is 12.4 Å². The first-order valence-electron chi connectivity index (χ1n) is 6.99. The number of amides is 2. The van der Waals surface area contributed by atoms with Crippen molar-refractivity contribution in [2.24, 2.45) is 11.7 Å². The molecule has 3 N–H and O–H groups in total. The summed E-state index contributed by atoms with van der Waals surface area (Å²) in [6.45, 7) is 2.02. The first-order chi connectivity index (χ1) is 8.72. The lowest BCUT2D eigenvalue weighted by Crippen LogP contribution is -2.40. The average molecular weight is 290 g/mol. The van der Waals surface area contributed by atoms with Crippen molar-refractivity contribution in [2.45, 2.75) is 44.6 Å². The zero-order valence-corrected chi connectivity index (χ0v) is 12.1. The smallest absolute Gasteiger partial charge is 0.223 e. The van der Waals surface area contributed by atoms with Gasteiger partial charge in [0.05, 0.1) is 0 Å². The predicted molar refractivity (Wildman–Crippen MR) is 76.0 cm³/mol. The molecule has 1 heterocycles. The van der Waals surface area contributed by atoms with E-state index in [2.05, 4.69) is 5.32 Å². The van der Waals surface area contributed by atoms with Crippen LogP contribution in [-0.2, 0) is 9.59 Å². The largest absolute Gasteiger partial charge is 0.356 e. The number of nitrogens with one attached hydrogen (secondary N) is 1. The lowest BCUT2D eigenvalue weighted by Gasteiger charge is -2.23. The van der Waals surface area contributed by atoms with Gasteiger partial charge in [0.15, 0.2) is 0 Å². The fraction of sp³-hybridized carbons (Fsp3) is 0.846. The van der Waals surface area contributed by atoms with E-state index in [0.717, 1.165) is 38.6 Å². The Hall–Kier alpha value is -0.810. The standard InChI is InChI=1S/C13H23N3O2.ClH/c14-9-11-3-2-8-16(11)12(17)4-1-7-15-13(18)10-5-6-10;/h10-11H,1-9,14H2,(H,15,18);1H. The molecule has 1 aliphatic heterocycles. The van der Waals surface area contributed by atoms with Gasteiger partial charge in [0.25, 0.3) is 0 Å². The van der Waals surface area contributed by atoms with Gasteiger partial charge in [0, 0.05) is 38.0 Å². The molecule has 5 nitrogen and oxygen atoms in total. The number of carbonyl (C=O) groups excluding carboxylic acids is 2. The number of nitrogens with two attached hydrogens (primary N) is 1. The molecule has 1 atom stereocenters. The normalized spacial score (nSPS) is 21.9. The molecular weight excluding hydrogens is 266 g/mol. The van der Waals surface area contributed by atoms with Crippen LogP contribution in [0.3, 0.4) is 0 Å². The van der Waals surface area contributed by atoms with E-state index in [-0.39, 0.29) is 36.2 Å². The van der Waals surface area contributed by atoms with E-state index in [9.17, 15) is 9.59 Å². The molecule has 1 saturated carbocycles. The van der Waals surface area contributed by atoms with Gasteiger partial charge >= 0.3 is 0 Å². The second kappa shape index (κ2) is 7.70. The maximum atomic E-state index is 12.0. The Balaban J connectivity index is 0.00000180. The van der Waals surface area contributed by atoms with Crippen molar-refractivity contribution < 1.29 is 9.59 Å². The maximum Gasteiger partial charge on any atom is 0.223 e. The molecule has 0 aromatic heterocycles. The van der Waals surface area contributed by atoms with E-state index in [1.807, 2.05) is 4.90 Å². The van der Waals surface area contributed by atoms with Gasteiger partial charge in [-0.2, -0.15) is 0 Å². The molecule has 2 rings (SSSR count). The minimum atomic E-state index is 0. The van der Waals surface area contributed by atoms with E-state index >= 15 is 0 Å². The average Bonchev–Trinajstić information content (AvgIpc) is 3.11. The number of carbonyl (C=O) groups is 2. The van der Waals surface area contributed by atoms with Crippen LogP contribution in [0, 0.1) is 5.92 Å². The molecule has 0 bridgehead atoms. The monoisotopic (exact) mass is 289 g/mol. The van der Waals surface area contributed by atoms with Gasteiger partial charge in [-0.3, -0.25) is 9.59 Å². The van der Waals surface area contributed by atoms with Gasteiger partial charge in [-0.1, -0.05) is 0 Å². The summed E-state index contributed by atoms with van der Waals surface area (Å²) in [5.74, 6) is 0.591. The summed E-state index contributed by atoms with van der Waals surface area (Å²) in [5, 5.41) is 2.88. The summed E-state index contributed by atoms with van der Waals surface area (Å²) in [7, 11) is 0. The molecule has 0 radical (unpaired) electrons. The Bertz CT molecular complexity index is 321. The van der Waals surface area contributed by atoms with Crippen molar-refractivity contribution in [1.29, 1.82) is 0 Å². The Morgan fingerprint density at radius 2 is 2.00 bits per heavy atom. The highest BCUT2D eigenvalue weighted by Gasteiger charge is 2.29. The van der Waals surface area contributed by atoms with Crippen molar-refractivity contribution in [2.75, 3.05) is 19.6 Å². The molecular formula is C13H24ClN3O2. The molecule has 0 aromatic carbocycles. The van der Waals surface area contributed by atoms with E-state index in [1.165, 1.54) is 0 Å². The number of hydrogen-bond donors (Lipinski definition) is 2. The third-order valence-electron chi connectivity index (χ3n) is 3.78. The minimum Gasteiger partial charge on any atom is -0.356 e. The molecule has 110 valence electrons. The van der Waals surface area contributed by atoms with Crippen LogP contribution in [0.4, 0.5) is 0 Å². The second-order valence-electron chi connectivity index (χ2n) is 5.29. The van der Waals surface area contributed by atoms with Crippen molar-refractivity contribution in [3.05, 3.63) is 0 Å². The fourth-order valence-corrected chi connectivity index (χ4v) is 2.49. The third-order valence-corrected chi connectivity index (χ3v) is 3.78. The lowest BCUT2D eigenvalue weighted by molar-refractivity contribution is -0.132. The highest BCUT2D eigenvalue weighted by Crippen LogP contribution is 2.28. The Morgan fingerprint density at radius 3 is 2.63 bits per heavy atom. The predicted octanol–water partition coefficient (Wildman–Crippen LogP) is 0.664. The molecule has 0 aromatic rings. The summed E-state index contributed by atoms with van der Waals surface area (Å²) in [4.78, 5) is 25.3. The quantitative estimate of drug-likeness (QED) is 0.706. The van der Waals surface area contributed by atoms with Crippen molar-refractivity contribution in [3.8, 4) is 0 Å². The van der Waals surface area contributed by atoms with Gasteiger partial charge in [-0.05, 0) is 32.1 Å². The number of hydrogen-bond acceptors (Lipinski definition) is 3. The van der Waals surface area contributed by atoms with Crippen LogP contribution in [0.1, 0.15) is 38.5 Å². The Morgan fingerprint density at radius 1 is 1.26 bits per heavy atom. The summed E-state index contributed by atoms with van der Waals surface area (Å²) in [6.07, 6.45) is 5.38. The van der Waals surface area contributed by atoms with Crippen LogP contribution < -0.4 is 11.1 Å².